The van der Waals surface area contributed by atoms with Crippen molar-refractivity contribution in [3.05, 3.63) is 12.2 Å². The van der Waals surface area contributed by atoms with Crippen LogP contribution in [-0.2, 0) is 28.7 Å². The highest BCUT2D eigenvalue weighted by atomic mass is 16.5. The molecule has 0 N–H and O–H groups in total. The van der Waals surface area contributed by atoms with Gasteiger partial charge >= 0.3 is 11.9 Å². The summed E-state index contributed by atoms with van der Waals surface area (Å²) in [4.78, 5) is 54.7. The van der Waals surface area contributed by atoms with Gasteiger partial charge in [-0.15, -0.1) is 0 Å². The number of rotatable bonds is 6. The minimum atomic E-state index is -0.815. The molecule has 0 aromatic carbocycles. The predicted molar refractivity (Wildman–Crippen MR) is 99.2 cm³/mol. The first kappa shape index (κ1) is 21.8. The zero-order valence-corrected chi connectivity index (χ0v) is 16.5. The largest absolute Gasteiger partial charge is 0.452 e. The molecule has 0 aromatic heterocycles. The minimum absolute atomic E-state index is 0.268. The summed E-state index contributed by atoms with van der Waals surface area (Å²) < 4.78 is 9.69. The van der Waals surface area contributed by atoms with E-state index in [9.17, 15) is 19.2 Å². The van der Waals surface area contributed by atoms with Crippen molar-refractivity contribution in [3.8, 4) is 0 Å². The Bertz CT molecular complexity index is 555. The molecule has 0 radical (unpaired) electrons. The van der Waals surface area contributed by atoms with Gasteiger partial charge in [-0.3, -0.25) is 9.59 Å². The van der Waals surface area contributed by atoms with Crippen LogP contribution in [0.3, 0.4) is 0 Å². The molecule has 0 bridgehead atoms. The van der Waals surface area contributed by atoms with E-state index in [1.807, 2.05) is 14.1 Å². The normalized spacial score (nSPS) is 18.9. The molecule has 0 spiro atoms. The molecule has 0 unspecified atom stereocenters. The maximum atomic E-state index is 12.0. The van der Waals surface area contributed by atoms with E-state index in [4.69, 9.17) is 9.47 Å². The minimum Gasteiger partial charge on any atom is -0.452 e. The first-order chi connectivity index (χ1) is 13.3. The summed E-state index contributed by atoms with van der Waals surface area (Å²) in [7, 11) is 3.95. The van der Waals surface area contributed by atoms with Gasteiger partial charge in [0.2, 0.25) is 0 Å². The molecule has 10 heteroatoms. The van der Waals surface area contributed by atoms with Crippen molar-refractivity contribution in [2.75, 3.05) is 79.7 Å². The van der Waals surface area contributed by atoms with Gasteiger partial charge in [0.1, 0.15) is 0 Å². The lowest BCUT2D eigenvalue weighted by Gasteiger charge is -2.32. The van der Waals surface area contributed by atoms with Gasteiger partial charge < -0.3 is 29.1 Å². The third-order valence-corrected chi connectivity index (χ3v) is 4.74. The number of nitrogens with zero attached hydrogens (tertiary/aromatic N) is 4. The summed E-state index contributed by atoms with van der Waals surface area (Å²) in [6.45, 7) is 4.74. The zero-order chi connectivity index (χ0) is 20.5. The summed E-state index contributed by atoms with van der Waals surface area (Å²) in [5, 5.41) is 0. The van der Waals surface area contributed by atoms with E-state index < -0.39 is 11.9 Å². The highest BCUT2D eigenvalue weighted by molar-refractivity contribution is 5.93. The monoisotopic (exact) mass is 396 g/mol. The van der Waals surface area contributed by atoms with Crippen LogP contribution in [0.4, 0.5) is 0 Å². The number of hydrogen-bond acceptors (Lipinski definition) is 8. The lowest BCUT2D eigenvalue weighted by atomic mass is 10.3. The molecule has 2 amide bonds. The van der Waals surface area contributed by atoms with Crippen molar-refractivity contribution in [3.63, 3.8) is 0 Å². The molecule has 28 heavy (non-hydrogen) atoms. The molecule has 2 aliphatic heterocycles. The van der Waals surface area contributed by atoms with Crippen LogP contribution in [0.1, 0.15) is 0 Å². The number of likely N-dealkylation sites (N-methyl/N-ethyl adjacent to an activating group) is 2. The molecule has 10 nitrogen and oxygen atoms in total. The average Bonchev–Trinajstić information content (AvgIpc) is 2.69. The number of amides is 2. The number of carbonyl (C=O) groups excluding carboxylic acids is 4. The number of ether oxygens (including phenoxy) is 2. The Morgan fingerprint density at radius 2 is 0.964 bits per heavy atom. The van der Waals surface area contributed by atoms with E-state index in [1.54, 1.807) is 9.80 Å². The van der Waals surface area contributed by atoms with Crippen molar-refractivity contribution >= 4 is 23.8 Å². The third-order valence-electron chi connectivity index (χ3n) is 4.74. The molecular formula is C18H28N4O6. The Labute approximate surface area is 164 Å². The van der Waals surface area contributed by atoms with Crippen molar-refractivity contribution < 1.29 is 28.7 Å². The van der Waals surface area contributed by atoms with Gasteiger partial charge in [0.15, 0.2) is 13.2 Å². The van der Waals surface area contributed by atoms with E-state index in [-0.39, 0.29) is 25.0 Å². The van der Waals surface area contributed by atoms with E-state index in [2.05, 4.69) is 9.80 Å². The molecule has 2 aliphatic rings. The smallest absolute Gasteiger partial charge is 0.331 e. The lowest BCUT2D eigenvalue weighted by molar-refractivity contribution is -0.150. The van der Waals surface area contributed by atoms with Crippen LogP contribution in [0.25, 0.3) is 0 Å². The fraction of sp³-hybridized carbons (Fsp3) is 0.667. The Morgan fingerprint density at radius 3 is 1.29 bits per heavy atom. The molecule has 0 atom stereocenters. The molecule has 2 fully saturated rings. The van der Waals surface area contributed by atoms with Gasteiger partial charge in [0, 0.05) is 64.5 Å². The number of carbonyl (C=O) groups is 4. The van der Waals surface area contributed by atoms with Crippen LogP contribution in [0.2, 0.25) is 0 Å². The van der Waals surface area contributed by atoms with Gasteiger partial charge in [0.25, 0.3) is 11.8 Å². The van der Waals surface area contributed by atoms with Crippen molar-refractivity contribution in [1.29, 1.82) is 0 Å². The van der Waals surface area contributed by atoms with Crippen molar-refractivity contribution in [2.24, 2.45) is 0 Å². The Balaban J connectivity index is 1.62. The second kappa shape index (κ2) is 10.8. The highest BCUT2D eigenvalue weighted by Crippen LogP contribution is 2.01. The SMILES string of the molecule is CN1CCN(C(=O)COC(=O)/C=C/C(=O)OCC(=O)N2CCN(C)CC2)CC1. The second-order valence-electron chi connectivity index (χ2n) is 6.92. The van der Waals surface area contributed by atoms with Crippen molar-refractivity contribution in [1.82, 2.24) is 19.6 Å². The van der Waals surface area contributed by atoms with E-state index in [0.29, 0.717) is 26.2 Å². The maximum absolute atomic E-state index is 12.0. The average molecular weight is 396 g/mol. The predicted octanol–water partition coefficient (Wildman–Crippen LogP) is -1.82. The van der Waals surface area contributed by atoms with Crippen LogP contribution < -0.4 is 0 Å². The molecule has 2 heterocycles. The second-order valence-corrected chi connectivity index (χ2v) is 6.92. The van der Waals surface area contributed by atoms with Crippen LogP contribution in [0.15, 0.2) is 12.2 Å². The summed E-state index contributed by atoms with van der Waals surface area (Å²) in [6.07, 6.45) is 1.78. The Hall–Kier alpha value is -2.46. The molecule has 2 saturated heterocycles. The molecule has 2 rings (SSSR count). The van der Waals surface area contributed by atoms with Gasteiger partial charge in [-0.1, -0.05) is 0 Å². The van der Waals surface area contributed by atoms with E-state index in [0.717, 1.165) is 38.3 Å². The molecule has 0 aliphatic carbocycles. The Morgan fingerprint density at radius 1 is 0.643 bits per heavy atom. The number of hydrogen-bond donors (Lipinski definition) is 0. The van der Waals surface area contributed by atoms with E-state index in [1.165, 1.54) is 0 Å². The number of esters is 2. The van der Waals surface area contributed by atoms with Crippen LogP contribution in [0, 0.1) is 0 Å². The lowest BCUT2D eigenvalue weighted by Crippen LogP contribution is -2.48. The maximum Gasteiger partial charge on any atom is 0.331 e. The summed E-state index contributed by atoms with van der Waals surface area (Å²) in [5.41, 5.74) is 0. The standard InChI is InChI=1S/C18H28N4O6/c1-19-5-9-21(10-6-19)15(23)13-27-17(25)3-4-18(26)28-14-16(24)22-11-7-20(2)8-12-22/h3-4H,5-14H2,1-2H3/b4-3+. The quantitative estimate of drug-likeness (QED) is 0.382. The zero-order valence-electron chi connectivity index (χ0n) is 16.5. The van der Waals surface area contributed by atoms with Gasteiger partial charge in [0.05, 0.1) is 0 Å². The van der Waals surface area contributed by atoms with Crippen LogP contribution >= 0.6 is 0 Å². The fourth-order valence-corrected chi connectivity index (χ4v) is 2.79. The highest BCUT2D eigenvalue weighted by Gasteiger charge is 2.21. The fourth-order valence-electron chi connectivity index (χ4n) is 2.79. The first-order valence-corrected chi connectivity index (χ1v) is 9.29. The summed E-state index contributed by atoms with van der Waals surface area (Å²) in [6, 6.07) is 0. The summed E-state index contributed by atoms with van der Waals surface area (Å²) in [5.74, 6) is -2.17. The molecule has 0 aromatic rings. The first-order valence-electron chi connectivity index (χ1n) is 9.29. The van der Waals surface area contributed by atoms with Crippen molar-refractivity contribution in [2.45, 2.75) is 0 Å². The Kier molecular flexibility index (Phi) is 8.40. The molecule has 156 valence electrons. The van der Waals surface area contributed by atoms with Gasteiger partial charge in [-0.2, -0.15) is 0 Å². The topological polar surface area (TPSA) is 99.7 Å². The summed E-state index contributed by atoms with van der Waals surface area (Å²) >= 11 is 0. The molecular weight excluding hydrogens is 368 g/mol. The van der Waals surface area contributed by atoms with Crippen LogP contribution in [-0.4, -0.2) is 123 Å². The van der Waals surface area contributed by atoms with E-state index >= 15 is 0 Å². The van der Waals surface area contributed by atoms with Gasteiger partial charge in [-0.25, -0.2) is 9.59 Å². The van der Waals surface area contributed by atoms with Crippen LogP contribution in [0.5, 0.6) is 0 Å². The third kappa shape index (κ3) is 7.28. The molecule has 0 saturated carbocycles. The number of piperazine rings is 2. The van der Waals surface area contributed by atoms with Gasteiger partial charge in [-0.05, 0) is 14.1 Å².